The SMILES string of the molecule is CC(C)(C)c1cc(Oc2[c-]c3c(cc2)c2ccccc2n3-c2cc(C(C)(C)C)ccn2)[c-]c(N2C=CN(c3cc4c5c(c3)C(C)(C)c3cccc6c3N5c3c(cccc3C4(C)C)O6)[CH-]2)c1.[Pt]. The molecule has 0 saturated carbocycles. The van der Waals surface area contributed by atoms with E-state index in [4.69, 9.17) is 14.5 Å². The molecule has 2 aromatic heterocycles. The molecule has 4 aliphatic rings. The zero-order chi connectivity index (χ0) is 44.9. The van der Waals surface area contributed by atoms with Crippen molar-refractivity contribution in [1.82, 2.24) is 9.55 Å². The molecule has 0 aliphatic carbocycles. The Balaban J connectivity index is 0.00000481. The van der Waals surface area contributed by atoms with Crippen LogP contribution < -0.4 is 24.2 Å². The fourth-order valence-electron chi connectivity index (χ4n) is 10.5. The van der Waals surface area contributed by atoms with Crippen molar-refractivity contribution in [2.75, 3.05) is 14.7 Å². The molecule has 0 amide bonds. The number of anilines is 5. The van der Waals surface area contributed by atoms with E-state index in [0.717, 1.165) is 67.4 Å². The first kappa shape index (κ1) is 42.3. The average Bonchev–Trinajstić information content (AvgIpc) is 3.90. The summed E-state index contributed by atoms with van der Waals surface area (Å²) in [5, 5.41) is 2.24. The molecule has 6 aromatic carbocycles. The second-order valence-electron chi connectivity index (χ2n) is 21.2. The number of benzene rings is 6. The number of hydrogen-bond donors (Lipinski definition) is 0. The van der Waals surface area contributed by atoms with Crippen LogP contribution in [0.15, 0.2) is 128 Å². The van der Waals surface area contributed by atoms with Gasteiger partial charge in [-0.15, -0.1) is 53.6 Å². The van der Waals surface area contributed by atoms with Gasteiger partial charge in [0.05, 0.1) is 17.1 Å². The number of pyridine rings is 1. The topological polar surface area (TPSA) is 46.0 Å². The molecule has 0 N–H and O–H groups in total. The number of aromatic nitrogens is 2. The number of ether oxygens (including phenoxy) is 2. The van der Waals surface area contributed by atoms with Crippen molar-refractivity contribution in [1.29, 1.82) is 0 Å². The molecule has 0 radical (unpaired) electrons. The van der Waals surface area contributed by atoms with Gasteiger partial charge in [0.15, 0.2) is 11.5 Å². The number of nitrogens with zero attached hydrogens (tertiary/aromatic N) is 5. The summed E-state index contributed by atoms with van der Waals surface area (Å²) < 4.78 is 15.6. The molecule has 8 heteroatoms. The molecular weight excluding hydrogens is 994 g/mol. The summed E-state index contributed by atoms with van der Waals surface area (Å²) in [6.07, 6.45) is 6.17. The van der Waals surface area contributed by atoms with Gasteiger partial charge < -0.3 is 28.7 Å². The second-order valence-corrected chi connectivity index (χ2v) is 21.2. The van der Waals surface area contributed by atoms with E-state index in [9.17, 15) is 0 Å². The van der Waals surface area contributed by atoms with Crippen molar-refractivity contribution in [2.45, 2.75) is 90.9 Å². The molecule has 6 heterocycles. The van der Waals surface area contributed by atoms with E-state index in [1.807, 2.05) is 12.3 Å². The van der Waals surface area contributed by atoms with Crippen LogP contribution in [0.2, 0.25) is 0 Å². The van der Waals surface area contributed by atoms with E-state index < -0.39 is 0 Å². The molecular formula is C58H52N5O2Pt-3. The summed E-state index contributed by atoms with van der Waals surface area (Å²) in [4.78, 5) is 11.7. The zero-order valence-corrected chi connectivity index (χ0v) is 41.3. The van der Waals surface area contributed by atoms with Crippen LogP contribution in [0.3, 0.4) is 0 Å². The van der Waals surface area contributed by atoms with Crippen molar-refractivity contribution in [3.63, 3.8) is 0 Å². The van der Waals surface area contributed by atoms with Crippen molar-refractivity contribution < 1.29 is 30.5 Å². The zero-order valence-electron chi connectivity index (χ0n) is 39.1. The van der Waals surface area contributed by atoms with E-state index >= 15 is 0 Å². The van der Waals surface area contributed by atoms with E-state index in [0.29, 0.717) is 11.5 Å². The summed E-state index contributed by atoms with van der Waals surface area (Å²) in [5.41, 5.74) is 14.3. The molecule has 0 saturated heterocycles. The summed E-state index contributed by atoms with van der Waals surface area (Å²) in [6.45, 7) is 25.0. The van der Waals surface area contributed by atoms with Crippen molar-refractivity contribution in [3.8, 4) is 28.8 Å². The minimum absolute atomic E-state index is 0. The predicted octanol–water partition coefficient (Wildman–Crippen LogP) is 14.9. The Morgan fingerprint density at radius 1 is 0.606 bits per heavy atom. The fourth-order valence-corrected chi connectivity index (χ4v) is 10.5. The summed E-state index contributed by atoms with van der Waals surface area (Å²) in [7, 11) is 0. The number of para-hydroxylation sites is 3. The summed E-state index contributed by atoms with van der Waals surface area (Å²) in [6, 6.07) is 46.4. The molecule has 0 spiro atoms. The van der Waals surface area contributed by atoms with Crippen LogP contribution in [-0.4, -0.2) is 9.55 Å². The quantitative estimate of drug-likeness (QED) is 0.160. The molecule has 334 valence electrons. The Morgan fingerprint density at radius 3 is 1.92 bits per heavy atom. The van der Waals surface area contributed by atoms with Gasteiger partial charge in [-0.25, -0.2) is 4.98 Å². The van der Waals surface area contributed by atoms with E-state index in [2.05, 4.69) is 223 Å². The largest absolute Gasteiger partial charge is 0.509 e. The molecule has 66 heavy (non-hydrogen) atoms. The van der Waals surface area contributed by atoms with Gasteiger partial charge in [0.1, 0.15) is 5.82 Å². The standard InChI is InChI=1S/C58H52N5O2.Pt/c1-55(2,3)35-23-24-59-51(29-35)62-47-18-12-11-15-41(47)42-22-21-39(33-48(42)62)64-40-28-36(56(4,5)6)27-37(30-40)60-25-26-61(34-60)38-31-45-52-46(32-38)58(9,10)44-17-14-20-50-54(44)63(52)53-43(57(45,7)8)16-13-19-49(53)65-50;/h11-29,31-32,34H,1-10H3;/q-3;. The summed E-state index contributed by atoms with van der Waals surface area (Å²) in [5.74, 6) is 3.91. The average molecular weight is 1050 g/mol. The van der Waals surface area contributed by atoms with Gasteiger partial charge in [0, 0.05) is 60.8 Å². The normalized spacial score (nSPS) is 16.1. The molecule has 4 aliphatic heterocycles. The van der Waals surface area contributed by atoms with Gasteiger partial charge in [-0.3, -0.25) is 0 Å². The smallest absolute Gasteiger partial charge is 0.151 e. The fraction of sp³-hybridized carbons (Fsp3) is 0.241. The molecule has 0 fully saturated rings. The van der Waals surface area contributed by atoms with Crippen LogP contribution >= 0.6 is 0 Å². The molecule has 0 atom stereocenters. The first-order valence-electron chi connectivity index (χ1n) is 22.7. The maximum atomic E-state index is 6.79. The molecule has 7 nitrogen and oxygen atoms in total. The number of hydrogen-bond acceptors (Lipinski definition) is 6. The number of fused-ring (bicyclic) bond motifs is 3. The van der Waals surface area contributed by atoms with Gasteiger partial charge in [0.25, 0.3) is 0 Å². The van der Waals surface area contributed by atoms with Crippen LogP contribution in [0.25, 0.3) is 27.6 Å². The van der Waals surface area contributed by atoms with E-state index in [1.165, 1.54) is 33.5 Å². The third-order valence-corrected chi connectivity index (χ3v) is 14.2. The minimum Gasteiger partial charge on any atom is -0.509 e. The predicted molar refractivity (Wildman–Crippen MR) is 264 cm³/mol. The van der Waals surface area contributed by atoms with Gasteiger partial charge in [-0.05, 0) is 98.9 Å². The Hall–Kier alpha value is -6.30. The van der Waals surface area contributed by atoms with E-state index in [-0.39, 0.29) is 42.7 Å². The van der Waals surface area contributed by atoms with Crippen molar-refractivity contribution in [3.05, 3.63) is 180 Å². The Bertz CT molecular complexity index is 3280. The van der Waals surface area contributed by atoms with Crippen LogP contribution in [0.1, 0.15) is 103 Å². The van der Waals surface area contributed by atoms with Crippen LogP contribution in [-0.2, 0) is 42.7 Å². The first-order chi connectivity index (χ1) is 31.0. The first-order valence-corrected chi connectivity index (χ1v) is 22.7. The molecule has 8 aromatic rings. The second kappa shape index (κ2) is 14.3. The van der Waals surface area contributed by atoms with Crippen LogP contribution in [0.5, 0.6) is 23.0 Å². The molecule has 0 bridgehead atoms. The third-order valence-electron chi connectivity index (χ3n) is 14.2. The van der Waals surface area contributed by atoms with Crippen LogP contribution in [0, 0.1) is 18.8 Å². The maximum absolute atomic E-state index is 6.79. The minimum atomic E-state index is -0.281. The maximum Gasteiger partial charge on any atom is 0.151 e. The van der Waals surface area contributed by atoms with Gasteiger partial charge in [-0.1, -0.05) is 117 Å². The molecule has 0 unspecified atom stereocenters. The molecule has 12 rings (SSSR count). The van der Waals surface area contributed by atoms with Crippen LogP contribution in [0.4, 0.5) is 28.4 Å². The van der Waals surface area contributed by atoms with Gasteiger partial charge in [-0.2, -0.15) is 6.07 Å². The van der Waals surface area contributed by atoms with Gasteiger partial charge >= 0.3 is 0 Å². The third kappa shape index (κ3) is 6.22. The van der Waals surface area contributed by atoms with Crippen molar-refractivity contribution >= 4 is 50.2 Å². The van der Waals surface area contributed by atoms with Crippen molar-refractivity contribution in [2.24, 2.45) is 0 Å². The van der Waals surface area contributed by atoms with E-state index in [1.54, 1.807) is 0 Å². The monoisotopic (exact) mass is 1050 g/mol. The Morgan fingerprint density at radius 2 is 1.26 bits per heavy atom. The number of rotatable bonds is 5. The Labute approximate surface area is 402 Å². The van der Waals surface area contributed by atoms with Gasteiger partial charge in [0.2, 0.25) is 0 Å². The summed E-state index contributed by atoms with van der Waals surface area (Å²) >= 11 is 0. The Kier molecular flexibility index (Phi) is 9.21.